The molecule has 0 aliphatic heterocycles. The molecule has 154 valence electrons. The van der Waals surface area contributed by atoms with Gasteiger partial charge in [-0.25, -0.2) is 0 Å². The Morgan fingerprint density at radius 1 is 1.11 bits per heavy atom. The molecule has 0 spiro atoms. The Balaban J connectivity index is 2.25. The summed E-state index contributed by atoms with van der Waals surface area (Å²) in [5, 5.41) is 6.42. The second-order valence-corrected chi connectivity index (χ2v) is 6.02. The molecule has 1 aromatic carbocycles. The summed E-state index contributed by atoms with van der Waals surface area (Å²) in [5.41, 5.74) is 0.908. The summed E-state index contributed by atoms with van der Waals surface area (Å²) in [6, 6.07) is 5.87. The van der Waals surface area contributed by atoms with E-state index >= 15 is 0 Å². The summed E-state index contributed by atoms with van der Waals surface area (Å²) < 4.78 is 45.3. The Bertz CT molecular complexity index is 551. The van der Waals surface area contributed by atoms with Gasteiger partial charge in [-0.3, -0.25) is 4.99 Å². The topological polar surface area (TPSA) is 58.1 Å². The van der Waals surface area contributed by atoms with E-state index in [1.54, 1.807) is 26.3 Å². The van der Waals surface area contributed by atoms with E-state index in [0.717, 1.165) is 38.2 Å². The van der Waals surface area contributed by atoms with Gasteiger partial charge < -0.3 is 25.0 Å². The minimum absolute atomic E-state index is 0.216. The molecule has 0 atom stereocenters. The monoisotopic (exact) mass is 390 g/mol. The van der Waals surface area contributed by atoms with Gasteiger partial charge in [0.1, 0.15) is 5.75 Å². The first-order valence-corrected chi connectivity index (χ1v) is 8.80. The molecular formula is C18H29F3N4O2. The lowest BCUT2D eigenvalue weighted by Gasteiger charge is -2.18. The third kappa shape index (κ3) is 11.3. The van der Waals surface area contributed by atoms with Crippen LogP contribution < -0.4 is 15.4 Å². The molecule has 1 rings (SSSR count). The number of benzene rings is 1. The van der Waals surface area contributed by atoms with E-state index in [1.807, 2.05) is 0 Å². The summed E-state index contributed by atoms with van der Waals surface area (Å²) >= 11 is 0. The van der Waals surface area contributed by atoms with E-state index in [1.165, 1.54) is 12.1 Å². The fraction of sp³-hybridized carbons (Fsp3) is 0.611. The first-order valence-electron chi connectivity index (χ1n) is 8.80. The molecule has 0 amide bonds. The van der Waals surface area contributed by atoms with Gasteiger partial charge in [-0.15, -0.1) is 13.2 Å². The number of halogens is 3. The van der Waals surface area contributed by atoms with Crippen LogP contribution in [0.2, 0.25) is 0 Å². The number of likely N-dealkylation sites (N-methyl/N-ethyl adjacent to an activating group) is 1. The molecule has 0 heterocycles. The zero-order valence-electron chi connectivity index (χ0n) is 16.1. The van der Waals surface area contributed by atoms with Gasteiger partial charge in [-0.2, -0.15) is 0 Å². The summed E-state index contributed by atoms with van der Waals surface area (Å²) in [5.74, 6) is 0.476. The standard InChI is InChI=1S/C18H29F3N4O2/c1-22-17(24-11-13-25(2)12-4-14-26-3)23-10-9-15-5-7-16(8-6-15)27-18(19,20)21/h5-8H,4,9-14H2,1-3H3,(H2,22,23,24). The number of methoxy groups -OCH3 is 1. The van der Waals surface area contributed by atoms with Crippen molar-refractivity contribution in [3.05, 3.63) is 29.8 Å². The van der Waals surface area contributed by atoms with Gasteiger partial charge in [-0.1, -0.05) is 12.1 Å². The van der Waals surface area contributed by atoms with Gasteiger partial charge in [0.15, 0.2) is 5.96 Å². The molecule has 9 heteroatoms. The van der Waals surface area contributed by atoms with Crippen molar-refractivity contribution in [1.82, 2.24) is 15.5 Å². The molecule has 0 unspecified atom stereocenters. The van der Waals surface area contributed by atoms with Crippen LogP contribution in [-0.4, -0.2) is 71.2 Å². The van der Waals surface area contributed by atoms with E-state index in [0.29, 0.717) is 18.9 Å². The number of nitrogens with one attached hydrogen (secondary N) is 2. The molecule has 2 N–H and O–H groups in total. The lowest BCUT2D eigenvalue weighted by atomic mass is 10.1. The largest absolute Gasteiger partial charge is 0.573 e. The fourth-order valence-corrected chi connectivity index (χ4v) is 2.36. The van der Waals surface area contributed by atoms with Crippen LogP contribution >= 0.6 is 0 Å². The van der Waals surface area contributed by atoms with Crippen LogP contribution in [0.25, 0.3) is 0 Å². The Morgan fingerprint density at radius 3 is 2.37 bits per heavy atom. The Labute approximate surface area is 158 Å². The number of guanidine groups is 1. The quantitative estimate of drug-likeness (QED) is 0.345. The normalized spacial score (nSPS) is 12.3. The molecule has 6 nitrogen and oxygen atoms in total. The maximum Gasteiger partial charge on any atom is 0.573 e. The molecule has 0 aliphatic carbocycles. The average Bonchev–Trinajstić information content (AvgIpc) is 2.61. The first-order chi connectivity index (χ1) is 12.8. The predicted molar refractivity (Wildman–Crippen MR) is 100 cm³/mol. The number of hydrogen-bond acceptors (Lipinski definition) is 4. The van der Waals surface area contributed by atoms with E-state index in [-0.39, 0.29) is 5.75 Å². The predicted octanol–water partition coefficient (Wildman–Crippen LogP) is 2.26. The molecular weight excluding hydrogens is 361 g/mol. The van der Waals surface area contributed by atoms with Gasteiger partial charge in [-0.05, 0) is 37.6 Å². The van der Waals surface area contributed by atoms with Gasteiger partial charge in [0, 0.05) is 46.9 Å². The molecule has 0 saturated heterocycles. The third-order valence-electron chi connectivity index (χ3n) is 3.76. The Morgan fingerprint density at radius 2 is 1.78 bits per heavy atom. The number of hydrogen-bond donors (Lipinski definition) is 2. The zero-order chi connectivity index (χ0) is 20.1. The maximum absolute atomic E-state index is 12.1. The third-order valence-corrected chi connectivity index (χ3v) is 3.76. The lowest BCUT2D eigenvalue weighted by Crippen LogP contribution is -2.41. The first kappa shape index (κ1) is 23.0. The van der Waals surface area contributed by atoms with Crippen molar-refractivity contribution >= 4 is 5.96 Å². The highest BCUT2D eigenvalue weighted by Crippen LogP contribution is 2.22. The fourth-order valence-electron chi connectivity index (χ4n) is 2.36. The Hall–Kier alpha value is -2.00. The van der Waals surface area contributed by atoms with E-state index in [4.69, 9.17) is 4.74 Å². The summed E-state index contributed by atoms with van der Waals surface area (Å²) in [6.45, 7) is 3.97. The van der Waals surface area contributed by atoms with Crippen LogP contribution in [0.5, 0.6) is 5.75 Å². The van der Waals surface area contributed by atoms with Crippen LogP contribution in [0.3, 0.4) is 0 Å². The molecule has 0 bridgehead atoms. The minimum Gasteiger partial charge on any atom is -0.406 e. The Kier molecular flexibility index (Phi) is 10.6. The number of nitrogens with zero attached hydrogens (tertiary/aromatic N) is 2. The number of aliphatic imine (C=N–C) groups is 1. The molecule has 0 aliphatic rings. The highest BCUT2D eigenvalue weighted by Gasteiger charge is 2.30. The maximum atomic E-state index is 12.1. The van der Waals surface area contributed by atoms with E-state index in [2.05, 4.69) is 32.3 Å². The van der Waals surface area contributed by atoms with Crippen molar-refractivity contribution in [2.45, 2.75) is 19.2 Å². The van der Waals surface area contributed by atoms with Crippen molar-refractivity contribution in [3.8, 4) is 5.75 Å². The van der Waals surface area contributed by atoms with Crippen molar-refractivity contribution in [3.63, 3.8) is 0 Å². The van der Waals surface area contributed by atoms with Gasteiger partial charge >= 0.3 is 6.36 Å². The molecule has 0 radical (unpaired) electrons. The second-order valence-electron chi connectivity index (χ2n) is 6.02. The molecule has 0 fully saturated rings. The molecule has 27 heavy (non-hydrogen) atoms. The van der Waals surface area contributed by atoms with Crippen molar-refractivity contribution in [2.24, 2.45) is 4.99 Å². The molecule has 1 aromatic rings. The van der Waals surface area contributed by atoms with Crippen molar-refractivity contribution in [1.29, 1.82) is 0 Å². The van der Waals surface area contributed by atoms with E-state index in [9.17, 15) is 13.2 Å². The number of alkyl halides is 3. The summed E-state index contributed by atoms with van der Waals surface area (Å²) in [7, 11) is 5.45. The molecule has 0 saturated carbocycles. The highest BCUT2D eigenvalue weighted by atomic mass is 19.4. The minimum atomic E-state index is -4.67. The number of ether oxygens (including phenoxy) is 2. The second kappa shape index (κ2) is 12.4. The number of rotatable bonds is 11. The van der Waals surface area contributed by atoms with Gasteiger partial charge in [0.05, 0.1) is 0 Å². The summed E-state index contributed by atoms with van der Waals surface area (Å²) in [4.78, 5) is 6.37. The highest BCUT2D eigenvalue weighted by molar-refractivity contribution is 5.79. The lowest BCUT2D eigenvalue weighted by molar-refractivity contribution is -0.274. The van der Waals surface area contributed by atoms with Crippen LogP contribution in [-0.2, 0) is 11.2 Å². The van der Waals surface area contributed by atoms with Crippen LogP contribution in [0.15, 0.2) is 29.3 Å². The average molecular weight is 390 g/mol. The van der Waals surface area contributed by atoms with Crippen LogP contribution in [0, 0.1) is 0 Å². The SMILES string of the molecule is CN=C(NCCc1ccc(OC(F)(F)F)cc1)NCCN(C)CCCOC. The van der Waals surface area contributed by atoms with Crippen LogP contribution in [0.1, 0.15) is 12.0 Å². The molecule has 0 aromatic heterocycles. The van der Waals surface area contributed by atoms with Crippen molar-refractivity contribution < 1.29 is 22.6 Å². The van der Waals surface area contributed by atoms with Crippen LogP contribution in [0.4, 0.5) is 13.2 Å². The van der Waals surface area contributed by atoms with Crippen molar-refractivity contribution in [2.75, 3.05) is 54.0 Å². The zero-order valence-corrected chi connectivity index (χ0v) is 16.1. The van der Waals surface area contributed by atoms with Gasteiger partial charge in [0.25, 0.3) is 0 Å². The summed E-state index contributed by atoms with van der Waals surface area (Å²) in [6.07, 6.45) is -3.02. The van der Waals surface area contributed by atoms with E-state index < -0.39 is 6.36 Å². The van der Waals surface area contributed by atoms with Gasteiger partial charge in [0.2, 0.25) is 0 Å². The smallest absolute Gasteiger partial charge is 0.406 e.